The number of ether oxygens (including phenoxy) is 2. The number of hydrogen-bond donors (Lipinski definition) is 0. The molecule has 0 saturated heterocycles. The molecule has 0 aliphatic carbocycles. The van der Waals surface area contributed by atoms with Crippen LogP contribution in [0.1, 0.15) is 69.7 Å². The van der Waals surface area contributed by atoms with Gasteiger partial charge in [-0.2, -0.15) is 0 Å². The van der Waals surface area contributed by atoms with Crippen LogP contribution in [0.3, 0.4) is 0 Å². The molecule has 1 atom stereocenters. The van der Waals surface area contributed by atoms with Gasteiger partial charge in [0, 0.05) is 26.6 Å². The molecule has 3 rings (SSSR count). The van der Waals surface area contributed by atoms with Crippen molar-refractivity contribution in [2.24, 2.45) is 0 Å². The summed E-state index contributed by atoms with van der Waals surface area (Å²) in [5.74, 6) is 1.51. The number of rotatable bonds is 11. The first-order chi connectivity index (χ1) is 16.5. The number of amides is 2. The van der Waals surface area contributed by atoms with Gasteiger partial charge >= 0.3 is 0 Å². The third-order valence-electron chi connectivity index (χ3n) is 6.17. The molecule has 2 aromatic rings. The molecule has 0 radical (unpaired) electrons. The molecule has 6 heteroatoms. The first kappa shape index (κ1) is 25.6. The summed E-state index contributed by atoms with van der Waals surface area (Å²) in [5.41, 5.74) is 3.32. The van der Waals surface area contributed by atoms with Gasteiger partial charge in [0.2, 0.25) is 11.8 Å². The standard InChI is InChI=1S/C28H38N2O4/c1-5-15-29(20-22-12-13-26(34-17-6-2)27(18-22)33-7-3)28(32)19-25-24-11-9-8-10-23(24)14-16-30(25)21(4)31/h8-13,18,25H,5-7,14-17,19-20H2,1-4H3. The highest BCUT2D eigenvalue weighted by Crippen LogP contribution is 2.33. The summed E-state index contributed by atoms with van der Waals surface area (Å²) in [6.07, 6.45) is 2.89. The van der Waals surface area contributed by atoms with E-state index in [-0.39, 0.29) is 24.3 Å². The van der Waals surface area contributed by atoms with Crippen LogP contribution in [-0.2, 0) is 22.6 Å². The molecule has 0 saturated carbocycles. The Kier molecular flexibility index (Phi) is 9.37. The highest BCUT2D eigenvalue weighted by atomic mass is 16.5. The van der Waals surface area contributed by atoms with Crippen molar-refractivity contribution in [3.8, 4) is 11.5 Å². The lowest BCUT2D eigenvalue weighted by Crippen LogP contribution is -2.42. The number of carbonyl (C=O) groups excluding carboxylic acids is 2. The second kappa shape index (κ2) is 12.4. The van der Waals surface area contributed by atoms with Crippen LogP contribution in [0.15, 0.2) is 42.5 Å². The molecule has 1 aliphatic rings. The maximum absolute atomic E-state index is 13.5. The van der Waals surface area contributed by atoms with Crippen LogP contribution >= 0.6 is 0 Å². The van der Waals surface area contributed by atoms with Crippen LogP contribution in [0.2, 0.25) is 0 Å². The Bertz CT molecular complexity index is 975. The molecule has 0 N–H and O–H groups in total. The fourth-order valence-electron chi connectivity index (χ4n) is 4.58. The monoisotopic (exact) mass is 466 g/mol. The van der Waals surface area contributed by atoms with Crippen LogP contribution in [-0.4, -0.2) is 47.9 Å². The molecule has 1 aliphatic heterocycles. The van der Waals surface area contributed by atoms with Gasteiger partial charge in [-0.25, -0.2) is 0 Å². The van der Waals surface area contributed by atoms with Gasteiger partial charge in [0.1, 0.15) is 0 Å². The van der Waals surface area contributed by atoms with Crippen molar-refractivity contribution < 1.29 is 19.1 Å². The molecule has 34 heavy (non-hydrogen) atoms. The van der Waals surface area contributed by atoms with Crippen LogP contribution in [0.5, 0.6) is 11.5 Å². The fraction of sp³-hybridized carbons (Fsp3) is 0.500. The van der Waals surface area contributed by atoms with Gasteiger partial charge in [0.05, 0.1) is 25.7 Å². The second-order valence-electron chi connectivity index (χ2n) is 8.76. The molecule has 0 fully saturated rings. The van der Waals surface area contributed by atoms with Crippen molar-refractivity contribution in [2.45, 2.75) is 66.0 Å². The third kappa shape index (κ3) is 6.31. The van der Waals surface area contributed by atoms with E-state index < -0.39 is 0 Å². The van der Waals surface area contributed by atoms with Crippen molar-refractivity contribution in [1.82, 2.24) is 9.80 Å². The second-order valence-corrected chi connectivity index (χ2v) is 8.76. The summed E-state index contributed by atoms with van der Waals surface area (Å²) in [6.45, 7) is 10.7. The van der Waals surface area contributed by atoms with Gasteiger partial charge in [-0.3, -0.25) is 9.59 Å². The zero-order valence-corrected chi connectivity index (χ0v) is 21.0. The summed E-state index contributed by atoms with van der Waals surface area (Å²) < 4.78 is 11.6. The lowest BCUT2D eigenvalue weighted by Gasteiger charge is -2.37. The van der Waals surface area contributed by atoms with Crippen LogP contribution in [0.25, 0.3) is 0 Å². The van der Waals surface area contributed by atoms with Gasteiger partial charge in [0.25, 0.3) is 0 Å². The molecule has 2 amide bonds. The van der Waals surface area contributed by atoms with Crippen molar-refractivity contribution >= 4 is 11.8 Å². The van der Waals surface area contributed by atoms with Crippen molar-refractivity contribution in [3.05, 3.63) is 59.2 Å². The predicted octanol–water partition coefficient (Wildman–Crippen LogP) is 5.15. The minimum Gasteiger partial charge on any atom is -0.490 e. The van der Waals surface area contributed by atoms with Gasteiger partial charge in [-0.05, 0) is 55.0 Å². The smallest absolute Gasteiger partial charge is 0.225 e. The van der Waals surface area contributed by atoms with E-state index in [9.17, 15) is 9.59 Å². The molecular formula is C28H38N2O4. The van der Waals surface area contributed by atoms with Crippen LogP contribution < -0.4 is 9.47 Å². The van der Waals surface area contributed by atoms with E-state index in [1.807, 2.05) is 47.1 Å². The summed E-state index contributed by atoms with van der Waals surface area (Å²) in [4.78, 5) is 29.6. The molecule has 1 unspecified atom stereocenters. The van der Waals surface area contributed by atoms with Gasteiger partial charge in [-0.15, -0.1) is 0 Å². The van der Waals surface area contributed by atoms with Crippen LogP contribution in [0.4, 0.5) is 0 Å². The Morgan fingerprint density at radius 1 is 1.03 bits per heavy atom. The maximum Gasteiger partial charge on any atom is 0.225 e. The van der Waals surface area contributed by atoms with E-state index in [1.165, 1.54) is 5.56 Å². The first-order valence-electron chi connectivity index (χ1n) is 12.5. The summed E-state index contributed by atoms with van der Waals surface area (Å²) >= 11 is 0. The highest BCUT2D eigenvalue weighted by molar-refractivity contribution is 5.80. The molecule has 184 valence electrons. The average molecular weight is 467 g/mol. The van der Waals surface area contributed by atoms with Crippen molar-refractivity contribution in [2.75, 3.05) is 26.3 Å². The molecule has 6 nitrogen and oxygen atoms in total. The number of benzene rings is 2. The molecule has 2 aromatic carbocycles. The summed E-state index contributed by atoms with van der Waals surface area (Å²) in [6, 6.07) is 13.8. The lowest BCUT2D eigenvalue weighted by molar-refractivity contribution is -0.137. The van der Waals surface area contributed by atoms with E-state index in [1.54, 1.807) is 6.92 Å². The highest BCUT2D eigenvalue weighted by Gasteiger charge is 2.32. The Morgan fingerprint density at radius 2 is 1.82 bits per heavy atom. The quantitative estimate of drug-likeness (QED) is 0.460. The van der Waals surface area contributed by atoms with Gasteiger partial charge < -0.3 is 19.3 Å². The van der Waals surface area contributed by atoms with Crippen molar-refractivity contribution in [3.63, 3.8) is 0 Å². The predicted molar refractivity (Wildman–Crippen MR) is 134 cm³/mol. The molecule has 0 bridgehead atoms. The van der Waals surface area contributed by atoms with Crippen molar-refractivity contribution in [1.29, 1.82) is 0 Å². The first-order valence-corrected chi connectivity index (χ1v) is 12.5. The Hall–Kier alpha value is -3.02. The van der Waals surface area contributed by atoms with E-state index in [4.69, 9.17) is 9.47 Å². The van der Waals surface area contributed by atoms with Gasteiger partial charge in [0.15, 0.2) is 11.5 Å². The SMILES string of the molecule is CCCOc1ccc(CN(CCC)C(=O)CC2c3ccccc3CCN2C(C)=O)cc1OCC. The maximum atomic E-state index is 13.5. The van der Waals surface area contributed by atoms with E-state index in [0.29, 0.717) is 38.6 Å². The normalized spacial score (nSPS) is 14.9. The largest absolute Gasteiger partial charge is 0.490 e. The van der Waals surface area contributed by atoms with E-state index in [0.717, 1.165) is 36.1 Å². The number of nitrogens with zero attached hydrogens (tertiary/aromatic N) is 2. The fourth-order valence-corrected chi connectivity index (χ4v) is 4.58. The Balaban J connectivity index is 1.80. The summed E-state index contributed by atoms with van der Waals surface area (Å²) in [5, 5.41) is 0. The zero-order chi connectivity index (χ0) is 24.5. The molecule has 0 aromatic heterocycles. The number of fused-ring (bicyclic) bond motifs is 1. The third-order valence-corrected chi connectivity index (χ3v) is 6.17. The Labute approximate surface area is 203 Å². The Morgan fingerprint density at radius 3 is 2.53 bits per heavy atom. The lowest BCUT2D eigenvalue weighted by atomic mass is 9.90. The van der Waals surface area contributed by atoms with E-state index >= 15 is 0 Å². The number of carbonyl (C=O) groups is 2. The average Bonchev–Trinajstić information content (AvgIpc) is 2.83. The van der Waals surface area contributed by atoms with E-state index in [2.05, 4.69) is 26.0 Å². The minimum atomic E-state index is -0.224. The summed E-state index contributed by atoms with van der Waals surface area (Å²) in [7, 11) is 0. The minimum absolute atomic E-state index is 0.0124. The molecule has 0 spiro atoms. The van der Waals surface area contributed by atoms with Gasteiger partial charge in [-0.1, -0.05) is 44.2 Å². The zero-order valence-electron chi connectivity index (χ0n) is 21.0. The van der Waals surface area contributed by atoms with Crippen LogP contribution in [0, 0.1) is 0 Å². The molecule has 1 heterocycles. The number of hydrogen-bond acceptors (Lipinski definition) is 4. The molecular weight excluding hydrogens is 428 g/mol. The topological polar surface area (TPSA) is 59.1 Å².